The number of rotatable bonds is 7. The van der Waals surface area contributed by atoms with E-state index >= 15 is 0 Å². The van der Waals surface area contributed by atoms with Gasteiger partial charge >= 0.3 is 0 Å². The van der Waals surface area contributed by atoms with E-state index in [4.69, 9.17) is 0 Å². The Kier molecular flexibility index (Phi) is 7.52. The summed E-state index contributed by atoms with van der Waals surface area (Å²) in [5.74, 6) is 0. The van der Waals surface area contributed by atoms with Gasteiger partial charge in [0, 0.05) is 6.54 Å². The fourth-order valence-electron chi connectivity index (χ4n) is 1.04. The van der Waals surface area contributed by atoms with Crippen molar-refractivity contribution in [2.45, 2.75) is 13.3 Å². The molecule has 0 aliphatic heterocycles. The average Bonchev–Trinajstić information content (AvgIpc) is 2.03. The van der Waals surface area contributed by atoms with Crippen molar-refractivity contribution in [3.63, 3.8) is 0 Å². The van der Waals surface area contributed by atoms with Gasteiger partial charge < -0.3 is 5.32 Å². The van der Waals surface area contributed by atoms with E-state index in [1.54, 1.807) is 0 Å². The summed E-state index contributed by atoms with van der Waals surface area (Å²) >= 11 is 0. The third-order valence-corrected chi connectivity index (χ3v) is 1.74. The molecule has 0 aromatic heterocycles. The van der Waals surface area contributed by atoms with Crippen LogP contribution in [0.15, 0.2) is 12.7 Å². The first-order valence-corrected chi connectivity index (χ1v) is 4.33. The van der Waals surface area contributed by atoms with Crippen LogP contribution in [0.1, 0.15) is 13.3 Å². The summed E-state index contributed by atoms with van der Waals surface area (Å²) in [6.07, 6.45) is 3.18. The summed E-state index contributed by atoms with van der Waals surface area (Å²) in [6.45, 7) is 10.3. The highest BCUT2D eigenvalue weighted by atomic mass is 15.1. The van der Waals surface area contributed by atoms with Gasteiger partial charge in [0.25, 0.3) is 0 Å². The molecule has 0 atom stereocenters. The lowest BCUT2D eigenvalue weighted by molar-refractivity contribution is 0.314. The summed E-state index contributed by atoms with van der Waals surface area (Å²) in [6, 6.07) is 0. The zero-order valence-electron chi connectivity index (χ0n) is 7.77. The molecule has 0 aromatic rings. The molecule has 0 saturated carbocycles. The van der Waals surface area contributed by atoms with E-state index in [9.17, 15) is 0 Å². The van der Waals surface area contributed by atoms with E-state index in [-0.39, 0.29) is 0 Å². The molecule has 0 amide bonds. The molecule has 0 fully saturated rings. The van der Waals surface area contributed by atoms with Gasteiger partial charge in [-0.1, -0.05) is 13.0 Å². The van der Waals surface area contributed by atoms with Crippen LogP contribution in [0.25, 0.3) is 0 Å². The molecule has 0 unspecified atom stereocenters. The quantitative estimate of drug-likeness (QED) is 0.439. The van der Waals surface area contributed by atoms with E-state index in [2.05, 4.69) is 23.7 Å². The van der Waals surface area contributed by atoms with Gasteiger partial charge in [0.1, 0.15) is 0 Å². The van der Waals surface area contributed by atoms with Gasteiger partial charge in [-0.25, -0.2) is 0 Å². The highest BCUT2D eigenvalue weighted by molar-refractivity contribution is 4.72. The zero-order valence-corrected chi connectivity index (χ0v) is 7.77. The molecule has 0 aromatic carbocycles. The fraction of sp³-hybridized carbons (Fsp3) is 0.778. The fourth-order valence-corrected chi connectivity index (χ4v) is 1.04. The van der Waals surface area contributed by atoms with Crippen LogP contribution >= 0.6 is 0 Å². The molecule has 0 saturated heterocycles. The molecule has 11 heavy (non-hydrogen) atoms. The van der Waals surface area contributed by atoms with Crippen molar-refractivity contribution in [2.75, 3.05) is 33.2 Å². The molecule has 0 aliphatic carbocycles. The number of hydrogen-bond donors (Lipinski definition) is 1. The van der Waals surface area contributed by atoms with Gasteiger partial charge in [0.2, 0.25) is 0 Å². The number of nitrogens with zero attached hydrogens (tertiary/aromatic N) is 1. The van der Waals surface area contributed by atoms with Crippen molar-refractivity contribution < 1.29 is 0 Å². The Morgan fingerprint density at radius 1 is 1.55 bits per heavy atom. The van der Waals surface area contributed by atoms with Crippen molar-refractivity contribution >= 4 is 0 Å². The van der Waals surface area contributed by atoms with Crippen LogP contribution in [0.2, 0.25) is 0 Å². The molecule has 0 heterocycles. The largest absolute Gasteiger partial charge is 0.320 e. The molecular formula is C9H20N2. The molecule has 0 spiro atoms. The van der Waals surface area contributed by atoms with Crippen LogP contribution in [0.4, 0.5) is 0 Å². The second kappa shape index (κ2) is 7.76. The summed E-state index contributed by atoms with van der Waals surface area (Å²) in [5.41, 5.74) is 0. The van der Waals surface area contributed by atoms with E-state index in [1.807, 2.05) is 13.1 Å². The van der Waals surface area contributed by atoms with Gasteiger partial charge in [-0.15, -0.1) is 6.58 Å². The number of hydrogen-bond acceptors (Lipinski definition) is 2. The van der Waals surface area contributed by atoms with Crippen molar-refractivity contribution in [2.24, 2.45) is 0 Å². The predicted octanol–water partition coefficient (Wildman–Crippen LogP) is 1.10. The molecular weight excluding hydrogens is 136 g/mol. The Hall–Kier alpha value is -0.340. The maximum absolute atomic E-state index is 3.72. The zero-order chi connectivity index (χ0) is 8.53. The lowest BCUT2D eigenvalue weighted by Gasteiger charge is -2.17. The monoisotopic (exact) mass is 156 g/mol. The molecule has 1 N–H and O–H groups in total. The molecule has 2 nitrogen and oxygen atoms in total. The van der Waals surface area contributed by atoms with E-state index in [0.29, 0.717) is 0 Å². The van der Waals surface area contributed by atoms with Crippen molar-refractivity contribution in [3.8, 4) is 0 Å². The topological polar surface area (TPSA) is 15.3 Å². The molecule has 0 radical (unpaired) electrons. The van der Waals surface area contributed by atoms with Crippen LogP contribution in [0.5, 0.6) is 0 Å². The van der Waals surface area contributed by atoms with Crippen LogP contribution < -0.4 is 5.32 Å². The van der Waals surface area contributed by atoms with Crippen LogP contribution in [-0.2, 0) is 0 Å². The Balaban J connectivity index is 3.27. The van der Waals surface area contributed by atoms with E-state index < -0.39 is 0 Å². The SMILES string of the molecule is C=CCN(CC)CCCNC. The minimum Gasteiger partial charge on any atom is -0.320 e. The van der Waals surface area contributed by atoms with Crippen LogP contribution in [-0.4, -0.2) is 38.1 Å². The molecule has 66 valence electrons. The summed E-state index contributed by atoms with van der Waals surface area (Å²) < 4.78 is 0. The van der Waals surface area contributed by atoms with E-state index in [0.717, 1.165) is 19.6 Å². The average molecular weight is 156 g/mol. The first-order valence-electron chi connectivity index (χ1n) is 4.33. The number of nitrogens with one attached hydrogen (secondary N) is 1. The Morgan fingerprint density at radius 2 is 2.27 bits per heavy atom. The Morgan fingerprint density at radius 3 is 2.73 bits per heavy atom. The summed E-state index contributed by atoms with van der Waals surface area (Å²) in [5, 5.41) is 3.14. The Bertz CT molecular complexity index is 91.6. The maximum atomic E-state index is 3.72. The third-order valence-electron chi connectivity index (χ3n) is 1.74. The smallest absolute Gasteiger partial charge is 0.0160 e. The second-order valence-electron chi connectivity index (χ2n) is 2.64. The minimum absolute atomic E-state index is 1.01. The Labute approximate surface area is 70.3 Å². The standard InChI is InChI=1S/C9H20N2/c1-4-8-11(5-2)9-6-7-10-3/h4,10H,1,5-9H2,2-3H3. The van der Waals surface area contributed by atoms with Crippen molar-refractivity contribution in [1.82, 2.24) is 10.2 Å². The highest BCUT2D eigenvalue weighted by Gasteiger charge is 1.96. The van der Waals surface area contributed by atoms with Gasteiger partial charge in [-0.2, -0.15) is 0 Å². The molecule has 2 heteroatoms. The molecule has 0 aliphatic rings. The van der Waals surface area contributed by atoms with Gasteiger partial charge in [0.15, 0.2) is 0 Å². The van der Waals surface area contributed by atoms with Crippen molar-refractivity contribution in [3.05, 3.63) is 12.7 Å². The summed E-state index contributed by atoms with van der Waals surface area (Å²) in [7, 11) is 1.99. The predicted molar refractivity (Wildman–Crippen MR) is 50.9 cm³/mol. The minimum atomic E-state index is 1.01. The summed E-state index contributed by atoms with van der Waals surface area (Å²) in [4.78, 5) is 2.38. The van der Waals surface area contributed by atoms with Gasteiger partial charge in [-0.05, 0) is 33.1 Å². The molecule has 0 rings (SSSR count). The second-order valence-corrected chi connectivity index (χ2v) is 2.64. The number of likely N-dealkylation sites (N-methyl/N-ethyl adjacent to an activating group) is 1. The van der Waals surface area contributed by atoms with Gasteiger partial charge in [-0.3, -0.25) is 4.90 Å². The van der Waals surface area contributed by atoms with Crippen LogP contribution in [0.3, 0.4) is 0 Å². The van der Waals surface area contributed by atoms with Crippen molar-refractivity contribution in [1.29, 1.82) is 0 Å². The van der Waals surface area contributed by atoms with Gasteiger partial charge in [0.05, 0.1) is 0 Å². The molecule has 0 bridgehead atoms. The lowest BCUT2D eigenvalue weighted by atomic mass is 10.3. The third kappa shape index (κ3) is 6.07. The first kappa shape index (κ1) is 10.7. The van der Waals surface area contributed by atoms with E-state index in [1.165, 1.54) is 13.0 Å². The normalized spacial score (nSPS) is 10.5. The maximum Gasteiger partial charge on any atom is 0.0160 e. The highest BCUT2D eigenvalue weighted by Crippen LogP contribution is 1.89. The van der Waals surface area contributed by atoms with Crippen LogP contribution in [0, 0.1) is 0 Å². The first-order chi connectivity index (χ1) is 5.35. The lowest BCUT2D eigenvalue weighted by Crippen LogP contribution is -2.26.